The fourth-order valence-electron chi connectivity index (χ4n) is 2.78. The summed E-state index contributed by atoms with van der Waals surface area (Å²) in [4.78, 5) is 5.79. The van der Waals surface area contributed by atoms with Gasteiger partial charge in [-0.15, -0.1) is 11.3 Å². The van der Waals surface area contributed by atoms with Gasteiger partial charge in [0.15, 0.2) is 0 Å². The van der Waals surface area contributed by atoms with Crippen LogP contribution >= 0.6 is 11.3 Å². The van der Waals surface area contributed by atoms with Crippen LogP contribution in [0.2, 0.25) is 0 Å². The van der Waals surface area contributed by atoms with E-state index in [0.29, 0.717) is 0 Å². The van der Waals surface area contributed by atoms with Crippen LogP contribution in [-0.4, -0.2) is 9.55 Å². The molecule has 2 atom stereocenters. The molecule has 0 unspecified atom stereocenters. The Morgan fingerprint density at radius 2 is 1.96 bits per heavy atom. The van der Waals surface area contributed by atoms with Crippen molar-refractivity contribution in [3.63, 3.8) is 0 Å². The van der Waals surface area contributed by atoms with Gasteiger partial charge >= 0.3 is 0 Å². The zero-order chi connectivity index (χ0) is 16.4. The third-order valence-corrected chi connectivity index (χ3v) is 5.23. The van der Waals surface area contributed by atoms with Crippen molar-refractivity contribution in [1.29, 1.82) is 0 Å². The average molecular weight is 329 g/mol. The summed E-state index contributed by atoms with van der Waals surface area (Å²) in [6, 6.07) is 8.84. The van der Waals surface area contributed by atoms with Gasteiger partial charge in [-0.3, -0.25) is 5.32 Å². The van der Waals surface area contributed by atoms with Gasteiger partial charge in [0.2, 0.25) is 0 Å². The van der Waals surface area contributed by atoms with E-state index in [1.54, 1.807) is 17.5 Å². The van der Waals surface area contributed by atoms with Gasteiger partial charge in [0, 0.05) is 30.4 Å². The van der Waals surface area contributed by atoms with Crippen molar-refractivity contribution in [3.05, 3.63) is 75.8 Å². The van der Waals surface area contributed by atoms with Gasteiger partial charge in [-0.2, -0.15) is 0 Å². The van der Waals surface area contributed by atoms with Crippen LogP contribution < -0.4 is 5.32 Å². The summed E-state index contributed by atoms with van der Waals surface area (Å²) in [6.45, 7) is 4.27. The Bertz CT molecular complexity index is 776. The Kier molecular flexibility index (Phi) is 4.59. The maximum Gasteiger partial charge on any atom is 0.130 e. The smallest absolute Gasteiger partial charge is 0.130 e. The topological polar surface area (TPSA) is 29.9 Å². The molecule has 0 saturated carbocycles. The molecule has 0 aliphatic heterocycles. The van der Waals surface area contributed by atoms with Crippen molar-refractivity contribution in [1.82, 2.24) is 14.9 Å². The third-order valence-electron chi connectivity index (χ3n) is 4.03. The summed E-state index contributed by atoms with van der Waals surface area (Å²) in [6.07, 6.45) is 3.71. The Morgan fingerprint density at radius 3 is 2.52 bits per heavy atom. The van der Waals surface area contributed by atoms with Gasteiger partial charge in [-0.1, -0.05) is 12.1 Å². The first-order valence-corrected chi connectivity index (χ1v) is 8.47. The van der Waals surface area contributed by atoms with Crippen LogP contribution in [0, 0.1) is 12.7 Å². The van der Waals surface area contributed by atoms with E-state index >= 15 is 0 Å². The van der Waals surface area contributed by atoms with Crippen molar-refractivity contribution < 1.29 is 4.39 Å². The Labute approximate surface area is 139 Å². The fourth-order valence-corrected chi connectivity index (χ4v) is 3.73. The molecule has 0 bridgehead atoms. The van der Waals surface area contributed by atoms with Crippen molar-refractivity contribution in [2.45, 2.75) is 25.9 Å². The molecule has 3 aromatic rings. The highest BCUT2D eigenvalue weighted by Crippen LogP contribution is 2.29. The number of benzene rings is 1. The van der Waals surface area contributed by atoms with E-state index in [9.17, 15) is 4.39 Å². The fraction of sp³-hybridized carbons (Fsp3) is 0.278. The number of aromatic nitrogens is 2. The van der Waals surface area contributed by atoms with Crippen LogP contribution in [0.1, 0.15) is 40.8 Å². The molecule has 23 heavy (non-hydrogen) atoms. The number of rotatable bonds is 5. The summed E-state index contributed by atoms with van der Waals surface area (Å²) in [5, 5.41) is 5.75. The molecule has 0 spiro atoms. The van der Waals surface area contributed by atoms with Crippen LogP contribution in [0.25, 0.3) is 0 Å². The second-order valence-corrected chi connectivity index (χ2v) is 6.68. The summed E-state index contributed by atoms with van der Waals surface area (Å²) in [7, 11) is 1.97. The monoisotopic (exact) mass is 329 g/mol. The molecule has 3 nitrogen and oxygen atoms in total. The molecule has 0 aliphatic carbocycles. The number of halogens is 1. The standard InChI is InChI=1S/C18H20FN3S/c1-12-8-11-23-17(12)13(2)21-16(18-20-9-10-22(18)3)14-4-6-15(19)7-5-14/h4-11,13,16,21H,1-3H3/t13-,16-/m1/s1. The largest absolute Gasteiger partial charge is 0.336 e. The minimum Gasteiger partial charge on any atom is -0.336 e. The van der Waals surface area contributed by atoms with Crippen LogP contribution in [0.3, 0.4) is 0 Å². The summed E-state index contributed by atoms with van der Waals surface area (Å²) >= 11 is 1.75. The molecule has 2 aromatic heterocycles. The van der Waals surface area contributed by atoms with E-state index in [-0.39, 0.29) is 17.9 Å². The molecule has 0 amide bonds. The lowest BCUT2D eigenvalue weighted by atomic mass is 10.0. The maximum absolute atomic E-state index is 13.3. The summed E-state index contributed by atoms with van der Waals surface area (Å²) in [5.41, 5.74) is 2.29. The molecule has 120 valence electrons. The molecule has 0 saturated heterocycles. The van der Waals surface area contributed by atoms with Crippen LogP contribution in [0.4, 0.5) is 4.39 Å². The number of nitrogens with zero attached hydrogens (tertiary/aromatic N) is 2. The first-order valence-electron chi connectivity index (χ1n) is 7.59. The lowest BCUT2D eigenvalue weighted by molar-refractivity contribution is 0.492. The number of thiophene rings is 1. The lowest BCUT2D eigenvalue weighted by Gasteiger charge is -2.23. The highest BCUT2D eigenvalue weighted by Gasteiger charge is 2.22. The number of imidazole rings is 1. The molecule has 1 N–H and O–H groups in total. The number of aryl methyl sites for hydroxylation is 2. The van der Waals surface area contributed by atoms with Gasteiger partial charge in [-0.25, -0.2) is 9.37 Å². The summed E-state index contributed by atoms with van der Waals surface area (Å²) in [5.74, 6) is 0.687. The van der Waals surface area contributed by atoms with Crippen LogP contribution in [0.15, 0.2) is 48.1 Å². The normalized spacial score (nSPS) is 13.9. The molecule has 0 fully saturated rings. The molecule has 1 aromatic carbocycles. The van der Waals surface area contributed by atoms with Crippen molar-refractivity contribution >= 4 is 11.3 Å². The van der Waals surface area contributed by atoms with Gasteiger partial charge in [0.1, 0.15) is 11.6 Å². The van der Waals surface area contributed by atoms with Crippen molar-refractivity contribution in [2.75, 3.05) is 0 Å². The molecular formula is C18H20FN3S. The van der Waals surface area contributed by atoms with Crippen LogP contribution in [-0.2, 0) is 7.05 Å². The number of nitrogens with one attached hydrogen (secondary N) is 1. The van der Waals surface area contributed by atoms with Gasteiger partial charge in [0.05, 0.1) is 6.04 Å². The van der Waals surface area contributed by atoms with E-state index in [1.165, 1.54) is 22.6 Å². The zero-order valence-corrected chi connectivity index (χ0v) is 14.3. The summed E-state index contributed by atoms with van der Waals surface area (Å²) < 4.78 is 15.3. The molecule has 0 radical (unpaired) electrons. The Balaban J connectivity index is 1.94. The second-order valence-electron chi connectivity index (χ2n) is 5.74. The predicted molar refractivity (Wildman–Crippen MR) is 92.1 cm³/mol. The highest BCUT2D eigenvalue weighted by molar-refractivity contribution is 7.10. The van der Waals surface area contributed by atoms with Crippen molar-refractivity contribution in [3.8, 4) is 0 Å². The Morgan fingerprint density at radius 1 is 1.22 bits per heavy atom. The van der Waals surface area contributed by atoms with E-state index in [0.717, 1.165) is 11.4 Å². The minimum absolute atomic E-state index is 0.0906. The van der Waals surface area contributed by atoms with E-state index in [2.05, 4.69) is 35.6 Å². The number of hydrogen-bond donors (Lipinski definition) is 1. The van der Waals surface area contributed by atoms with E-state index < -0.39 is 0 Å². The average Bonchev–Trinajstić information content (AvgIpc) is 3.14. The van der Waals surface area contributed by atoms with Crippen molar-refractivity contribution in [2.24, 2.45) is 7.05 Å². The molecular weight excluding hydrogens is 309 g/mol. The van der Waals surface area contributed by atoms with E-state index in [4.69, 9.17) is 0 Å². The minimum atomic E-state index is -0.227. The van der Waals surface area contributed by atoms with Gasteiger partial charge in [0.25, 0.3) is 0 Å². The first kappa shape index (κ1) is 15.9. The predicted octanol–water partition coefficient (Wildman–Crippen LogP) is 4.37. The second kappa shape index (κ2) is 6.64. The lowest BCUT2D eigenvalue weighted by Crippen LogP contribution is -2.27. The van der Waals surface area contributed by atoms with Crippen LogP contribution in [0.5, 0.6) is 0 Å². The van der Waals surface area contributed by atoms with Gasteiger partial charge in [-0.05, 0) is 48.6 Å². The van der Waals surface area contributed by atoms with Gasteiger partial charge < -0.3 is 4.57 Å². The Hall–Kier alpha value is -1.98. The third kappa shape index (κ3) is 3.35. The molecule has 5 heteroatoms. The first-order chi connectivity index (χ1) is 11.1. The maximum atomic E-state index is 13.3. The van der Waals surface area contributed by atoms with E-state index in [1.807, 2.05) is 29.9 Å². The quantitative estimate of drug-likeness (QED) is 0.753. The molecule has 0 aliphatic rings. The molecule has 2 heterocycles. The zero-order valence-electron chi connectivity index (χ0n) is 13.5. The number of hydrogen-bond acceptors (Lipinski definition) is 3. The SMILES string of the molecule is Cc1ccsc1[C@@H](C)N[C@H](c1ccc(F)cc1)c1nccn1C. The molecule has 3 rings (SSSR count). The highest BCUT2D eigenvalue weighted by atomic mass is 32.1.